The first-order valence-electron chi connectivity index (χ1n) is 4.96. The molecule has 6 heteroatoms. The Morgan fingerprint density at radius 1 is 1.67 bits per heavy atom. The Labute approximate surface area is 88.3 Å². The second-order valence-electron chi connectivity index (χ2n) is 3.22. The Morgan fingerprint density at radius 2 is 2.47 bits per heavy atom. The van der Waals surface area contributed by atoms with E-state index < -0.39 is 0 Å². The Kier molecular flexibility index (Phi) is 4.76. The topological polar surface area (TPSA) is 80.0 Å². The predicted molar refractivity (Wildman–Crippen MR) is 54.1 cm³/mol. The number of carbonyl (C=O) groups is 1. The number of nitrogens with one attached hydrogen (secondary N) is 1. The molecule has 0 aliphatic rings. The number of aromatic nitrogens is 3. The second-order valence-corrected chi connectivity index (χ2v) is 3.22. The molecule has 1 heterocycles. The van der Waals surface area contributed by atoms with Gasteiger partial charge in [-0.25, -0.2) is 0 Å². The van der Waals surface area contributed by atoms with E-state index in [-0.39, 0.29) is 12.5 Å². The molecule has 1 amide bonds. The third kappa shape index (κ3) is 4.07. The molecule has 0 radical (unpaired) electrons. The molecule has 0 fully saturated rings. The minimum absolute atomic E-state index is 0.0331. The number of hydrogen-bond donors (Lipinski definition) is 2. The summed E-state index contributed by atoms with van der Waals surface area (Å²) in [5, 5.41) is 19.0. The lowest BCUT2D eigenvalue weighted by Crippen LogP contribution is -2.17. The van der Waals surface area contributed by atoms with Crippen molar-refractivity contribution in [1.82, 2.24) is 20.3 Å². The van der Waals surface area contributed by atoms with E-state index in [2.05, 4.69) is 15.6 Å². The summed E-state index contributed by atoms with van der Waals surface area (Å²) < 4.78 is 1.69. The van der Waals surface area contributed by atoms with Crippen molar-refractivity contribution in [2.45, 2.75) is 25.8 Å². The van der Waals surface area contributed by atoms with Crippen molar-refractivity contribution in [1.29, 1.82) is 0 Å². The van der Waals surface area contributed by atoms with Crippen LogP contribution in [-0.4, -0.2) is 39.7 Å². The number of aryl methyl sites for hydroxylation is 1. The summed E-state index contributed by atoms with van der Waals surface area (Å²) in [7, 11) is 1.62. The molecule has 15 heavy (non-hydrogen) atoms. The third-order valence-corrected chi connectivity index (χ3v) is 2.02. The van der Waals surface area contributed by atoms with Crippen molar-refractivity contribution < 1.29 is 9.90 Å². The van der Waals surface area contributed by atoms with E-state index in [4.69, 9.17) is 5.11 Å². The van der Waals surface area contributed by atoms with Gasteiger partial charge in [0.2, 0.25) is 5.91 Å². The maximum absolute atomic E-state index is 10.9. The van der Waals surface area contributed by atoms with Crippen molar-refractivity contribution in [3.63, 3.8) is 0 Å². The van der Waals surface area contributed by atoms with Crippen LogP contribution in [0.15, 0.2) is 6.20 Å². The van der Waals surface area contributed by atoms with E-state index >= 15 is 0 Å². The van der Waals surface area contributed by atoms with Crippen molar-refractivity contribution in [3.05, 3.63) is 11.9 Å². The summed E-state index contributed by atoms with van der Waals surface area (Å²) >= 11 is 0. The van der Waals surface area contributed by atoms with Gasteiger partial charge in [-0.05, 0) is 6.42 Å². The normalized spacial score (nSPS) is 10.3. The summed E-state index contributed by atoms with van der Waals surface area (Å²) in [4.78, 5) is 10.9. The lowest BCUT2D eigenvalue weighted by atomic mass is 10.3. The number of carbonyl (C=O) groups excluding carboxylic acids is 1. The fourth-order valence-corrected chi connectivity index (χ4v) is 1.20. The van der Waals surface area contributed by atoms with Gasteiger partial charge in [0.05, 0.1) is 5.69 Å². The van der Waals surface area contributed by atoms with E-state index in [1.54, 1.807) is 17.9 Å². The lowest BCUT2D eigenvalue weighted by Gasteiger charge is -1.99. The van der Waals surface area contributed by atoms with Crippen molar-refractivity contribution >= 4 is 5.91 Å². The van der Waals surface area contributed by atoms with Gasteiger partial charge in [0.25, 0.3) is 0 Å². The highest BCUT2D eigenvalue weighted by Gasteiger charge is 2.01. The molecular formula is C9H16N4O2. The largest absolute Gasteiger partial charge is 0.396 e. The van der Waals surface area contributed by atoms with E-state index in [0.29, 0.717) is 19.4 Å². The lowest BCUT2D eigenvalue weighted by molar-refractivity contribution is -0.120. The molecule has 6 nitrogen and oxygen atoms in total. The highest BCUT2D eigenvalue weighted by Crippen LogP contribution is 1.97. The zero-order chi connectivity index (χ0) is 11.1. The molecule has 0 aromatic carbocycles. The van der Waals surface area contributed by atoms with Crippen LogP contribution in [0.2, 0.25) is 0 Å². The fraction of sp³-hybridized carbons (Fsp3) is 0.667. The molecule has 0 spiro atoms. The molecule has 0 bridgehead atoms. The van der Waals surface area contributed by atoms with Gasteiger partial charge < -0.3 is 10.4 Å². The minimum atomic E-state index is 0.0331. The smallest absolute Gasteiger partial charge is 0.219 e. The van der Waals surface area contributed by atoms with E-state index in [0.717, 1.165) is 12.1 Å². The van der Waals surface area contributed by atoms with E-state index in [9.17, 15) is 4.79 Å². The van der Waals surface area contributed by atoms with Gasteiger partial charge in [0.1, 0.15) is 0 Å². The van der Waals surface area contributed by atoms with Crippen LogP contribution in [-0.2, 0) is 17.8 Å². The zero-order valence-electron chi connectivity index (χ0n) is 8.81. The quantitative estimate of drug-likeness (QED) is 0.656. The molecular weight excluding hydrogens is 196 g/mol. The summed E-state index contributed by atoms with van der Waals surface area (Å²) in [6.07, 6.45) is 3.54. The van der Waals surface area contributed by atoms with Crippen LogP contribution in [0.5, 0.6) is 0 Å². The van der Waals surface area contributed by atoms with E-state index in [1.165, 1.54) is 0 Å². The molecule has 0 saturated heterocycles. The number of nitrogens with zero attached hydrogens (tertiary/aromatic N) is 3. The summed E-state index contributed by atoms with van der Waals surface area (Å²) in [6.45, 7) is 0.753. The molecule has 0 atom stereocenters. The molecule has 1 aromatic rings. The van der Waals surface area contributed by atoms with Gasteiger partial charge in [-0.1, -0.05) is 5.21 Å². The summed E-state index contributed by atoms with van der Waals surface area (Å²) in [6, 6.07) is 0. The Bertz CT molecular complexity index is 311. The zero-order valence-corrected chi connectivity index (χ0v) is 8.81. The maximum Gasteiger partial charge on any atom is 0.219 e. The highest BCUT2D eigenvalue weighted by atomic mass is 16.3. The van der Waals surface area contributed by atoms with E-state index in [1.807, 2.05) is 0 Å². The van der Waals surface area contributed by atoms with Crippen LogP contribution in [0.25, 0.3) is 0 Å². The van der Waals surface area contributed by atoms with Gasteiger partial charge in [0, 0.05) is 39.2 Å². The Hall–Kier alpha value is -1.43. The van der Waals surface area contributed by atoms with Crippen LogP contribution in [0, 0.1) is 0 Å². The molecule has 84 valence electrons. The van der Waals surface area contributed by atoms with Gasteiger partial charge >= 0.3 is 0 Å². The fourth-order valence-electron chi connectivity index (χ4n) is 1.20. The van der Waals surface area contributed by atoms with Crippen molar-refractivity contribution in [3.8, 4) is 0 Å². The summed E-state index contributed by atoms with van der Waals surface area (Å²) in [5.74, 6) is 0.0331. The van der Waals surface area contributed by atoms with Crippen LogP contribution >= 0.6 is 0 Å². The van der Waals surface area contributed by atoms with Gasteiger partial charge in [0.15, 0.2) is 0 Å². The molecule has 1 aromatic heterocycles. The number of rotatable bonds is 6. The number of aliphatic hydroxyl groups is 1. The molecule has 0 unspecified atom stereocenters. The monoisotopic (exact) mass is 212 g/mol. The van der Waals surface area contributed by atoms with Crippen LogP contribution in [0.4, 0.5) is 0 Å². The van der Waals surface area contributed by atoms with Crippen molar-refractivity contribution in [2.75, 3.05) is 13.7 Å². The predicted octanol–water partition coefficient (Wildman–Crippen LogP) is -0.661. The first-order chi connectivity index (χ1) is 7.26. The average molecular weight is 212 g/mol. The number of amides is 1. The number of aliphatic hydroxyl groups excluding tert-OH is 1. The first kappa shape index (κ1) is 11.6. The van der Waals surface area contributed by atoms with Crippen LogP contribution in [0.1, 0.15) is 18.5 Å². The Morgan fingerprint density at radius 3 is 3.13 bits per heavy atom. The van der Waals surface area contributed by atoms with Gasteiger partial charge in [-0.15, -0.1) is 5.10 Å². The molecule has 2 N–H and O–H groups in total. The number of hydrogen-bond acceptors (Lipinski definition) is 4. The molecule has 1 rings (SSSR count). The van der Waals surface area contributed by atoms with Crippen molar-refractivity contribution in [2.24, 2.45) is 0 Å². The molecule has 0 saturated carbocycles. The van der Waals surface area contributed by atoms with Crippen LogP contribution in [0.3, 0.4) is 0 Å². The third-order valence-electron chi connectivity index (χ3n) is 2.02. The first-order valence-corrected chi connectivity index (χ1v) is 4.96. The average Bonchev–Trinajstić information content (AvgIpc) is 2.66. The SMILES string of the molecule is CNC(=O)CCCn1cc(CCO)nn1. The Balaban J connectivity index is 2.28. The second kappa shape index (κ2) is 6.13. The highest BCUT2D eigenvalue weighted by molar-refractivity contribution is 5.75. The standard InChI is InChI=1S/C9H16N4O2/c1-10-9(15)3-2-5-13-7-8(4-6-14)11-12-13/h7,14H,2-6H2,1H3,(H,10,15). The van der Waals surface area contributed by atoms with Crippen LogP contribution < -0.4 is 5.32 Å². The summed E-state index contributed by atoms with van der Waals surface area (Å²) in [5.41, 5.74) is 0.775. The van der Waals surface area contributed by atoms with Gasteiger partial charge in [-0.2, -0.15) is 0 Å². The maximum atomic E-state index is 10.9. The van der Waals surface area contributed by atoms with Gasteiger partial charge in [-0.3, -0.25) is 9.48 Å². The minimum Gasteiger partial charge on any atom is -0.396 e. The molecule has 0 aliphatic heterocycles. The molecule has 0 aliphatic carbocycles.